The number of carbonyl (C=O) groups excluding carboxylic acids is 1. The predicted octanol–water partition coefficient (Wildman–Crippen LogP) is 2.50. The van der Waals surface area contributed by atoms with Crippen LogP contribution in [-0.4, -0.2) is 34.7 Å². The lowest BCUT2D eigenvalue weighted by molar-refractivity contribution is 0.222. The van der Waals surface area contributed by atoms with E-state index in [1.54, 1.807) is 6.92 Å². The third kappa shape index (κ3) is 3.74. The molecule has 0 aliphatic rings. The monoisotopic (exact) mass is 314 g/mol. The van der Waals surface area contributed by atoms with Gasteiger partial charge in [0.05, 0.1) is 5.69 Å². The van der Waals surface area contributed by atoms with Crippen molar-refractivity contribution in [3.63, 3.8) is 0 Å². The van der Waals surface area contributed by atoms with E-state index in [1.165, 1.54) is 11.9 Å². The number of urea groups is 1. The fraction of sp³-hybridized carbons (Fsp3) is 0.308. The van der Waals surface area contributed by atoms with Crippen LogP contribution in [0.25, 0.3) is 0 Å². The summed E-state index contributed by atoms with van der Waals surface area (Å²) in [7, 11) is 1.46. The lowest BCUT2D eigenvalue weighted by Crippen LogP contribution is -2.33. The molecule has 0 aliphatic carbocycles. The van der Waals surface area contributed by atoms with E-state index in [-0.39, 0.29) is 6.54 Å². The SMILES string of the molecule is Cc1nc(CCN(C)C(=O)Nc2cc(F)c(F)cc2F)no1. The van der Waals surface area contributed by atoms with E-state index in [0.29, 0.717) is 30.3 Å². The minimum absolute atomic E-state index is 0.232. The second kappa shape index (κ2) is 6.46. The first-order valence-electron chi connectivity index (χ1n) is 6.32. The smallest absolute Gasteiger partial charge is 0.321 e. The normalized spacial score (nSPS) is 10.6. The molecule has 0 radical (unpaired) electrons. The molecule has 0 aliphatic heterocycles. The highest BCUT2D eigenvalue weighted by atomic mass is 19.2. The summed E-state index contributed by atoms with van der Waals surface area (Å²) in [5.74, 6) is -2.80. The quantitative estimate of drug-likeness (QED) is 0.880. The molecule has 0 unspecified atom stereocenters. The van der Waals surface area contributed by atoms with Crippen LogP contribution in [0.4, 0.5) is 23.7 Å². The van der Waals surface area contributed by atoms with E-state index in [0.717, 1.165) is 0 Å². The number of hydrogen-bond acceptors (Lipinski definition) is 4. The molecule has 2 rings (SSSR count). The largest absolute Gasteiger partial charge is 0.340 e. The van der Waals surface area contributed by atoms with Crippen molar-refractivity contribution in [1.29, 1.82) is 0 Å². The molecule has 2 amide bonds. The molecule has 1 heterocycles. The zero-order valence-corrected chi connectivity index (χ0v) is 11.9. The van der Waals surface area contributed by atoms with E-state index in [1.807, 2.05) is 0 Å². The Balaban J connectivity index is 1.95. The van der Waals surface area contributed by atoms with Gasteiger partial charge in [0.2, 0.25) is 5.89 Å². The molecule has 1 N–H and O–H groups in total. The second-order valence-electron chi connectivity index (χ2n) is 4.58. The molecule has 1 aromatic heterocycles. The van der Waals surface area contributed by atoms with Gasteiger partial charge in [0, 0.05) is 39.1 Å². The maximum absolute atomic E-state index is 13.4. The summed E-state index contributed by atoms with van der Waals surface area (Å²) in [6, 6.07) is 0.275. The molecule has 0 saturated heterocycles. The Morgan fingerprint density at radius 1 is 1.27 bits per heavy atom. The number of aryl methyl sites for hydroxylation is 1. The number of amides is 2. The Labute approximate surface area is 123 Å². The van der Waals surface area contributed by atoms with Gasteiger partial charge in [0.1, 0.15) is 5.82 Å². The predicted molar refractivity (Wildman–Crippen MR) is 70.7 cm³/mol. The van der Waals surface area contributed by atoms with Crippen molar-refractivity contribution < 1.29 is 22.5 Å². The molecule has 0 fully saturated rings. The topological polar surface area (TPSA) is 71.3 Å². The number of anilines is 1. The highest BCUT2D eigenvalue weighted by Crippen LogP contribution is 2.18. The lowest BCUT2D eigenvalue weighted by atomic mass is 10.3. The zero-order chi connectivity index (χ0) is 16.3. The highest BCUT2D eigenvalue weighted by Gasteiger charge is 2.15. The van der Waals surface area contributed by atoms with E-state index in [2.05, 4.69) is 15.5 Å². The fourth-order valence-corrected chi connectivity index (χ4v) is 1.64. The zero-order valence-electron chi connectivity index (χ0n) is 11.9. The molecule has 0 atom stereocenters. The van der Waals surface area contributed by atoms with Gasteiger partial charge < -0.3 is 14.7 Å². The minimum atomic E-state index is -1.32. The molecule has 0 bridgehead atoms. The number of nitrogens with one attached hydrogen (secondary N) is 1. The lowest BCUT2D eigenvalue weighted by Gasteiger charge is -2.17. The second-order valence-corrected chi connectivity index (χ2v) is 4.58. The van der Waals surface area contributed by atoms with Crippen molar-refractivity contribution in [2.45, 2.75) is 13.3 Å². The summed E-state index contributed by atoms with van der Waals surface area (Å²) in [4.78, 5) is 17.1. The van der Waals surface area contributed by atoms with Crippen LogP contribution in [0.5, 0.6) is 0 Å². The molecule has 2 aromatic rings. The first kappa shape index (κ1) is 15.8. The number of carbonyl (C=O) groups is 1. The van der Waals surface area contributed by atoms with Crippen molar-refractivity contribution in [3.05, 3.63) is 41.3 Å². The minimum Gasteiger partial charge on any atom is -0.340 e. The van der Waals surface area contributed by atoms with Crippen molar-refractivity contribution >= 4 is 11.7 Å². The number of rotatable bonds is 4. The fourth-order valence-electron chi connectivity index (χ4n) is 1.64. The molecular weight excluding hydrogens is 301 g/mol. The Bertz CT molecular complexity index is 690. The number of benzene rings is 1. The molecule has 0 saturated carbocycles. The number of nitrogens with zero attached hydrogens (tertiary/aromatic N) is 3. The number of likely N-dealkylation sites (N-methyl/N-ethyl adjacent to an activating group) is 1. The average molecular weight is 314 g/mol. The van der Waals surface area contributed by atoms with Crippen LogP contribution in [0.15, 0.2) is 16.7 Å². The molecule has 0 spiro atoms. The third-order valence-corrected chi connectivity index (χ3v) is 2.84. The van der Waals surface area contributed by atoms with E-state index >= 15 is 0 Å². The maximum Gasteiger partial charge on any atom is 0.321 e. The molecule has 6 nitrogen and oxygen atoms in total. The summed E-state index contributed by atoms with van der Waals surface area (Å²) in [5.41, 5.74) is -0.439. The van der Waals surface area contributed by atoms with Crippen LogP contribution in [0.3, 0.4) is 0 Å². The van der Waals surface area contributed by atoms with Gasteiger partial charge in [-0.1, -0.05) is 5.16 Å². The summed E-state index contributed by atoms with van der Waals surface area (Å²) < 4.78 is 44.1. The van der Waals surface area contributed by atoms with Gasteiger partial charge in [-0.2, -0.15) is 4.98 Å². The van der Waals surface area contributed by atoms with Crippen LogP contribution in [0, 0.1) is 24.4 Å². The van der Waals surface area contributed by atoms with E-state index in [4.69, 9.17) is 4.52 Å². The Morgan fingerprint density at radius 2 is 1.95 bits per heavy atom. The molecule has 1 aromatic carbocycles. The van der Waals surface area contributed by atoms with Gasteiger partial charge in [-0.15, -0.1) is 0 Å². The number of halogens is 3. The van der Waals surface area contributed by atoms with Gasteiger partial charge in [-0.25, -0.2) is 18.0 Å². The van der Waals surface area contributed by atoms with Gasteiger partial charge in [-0.05, 0) is 0 Å². The average Bonchev–Trinajstić information content (AvgIpc) is 2.87. The van der Waals surface area contributed by atoms with Crippen LogP contribution < -0.4 is 5.32 Å². The van der Waals surface area contributed by atoms with Gasteiger partial charge >= 0.3 is 6.03 Å². The summed E-state index contributed by atoms with van der Waals surface area (Å²) in [6.45, 7) is 1.87. The Morgan fingerprint density at radius 3 is 2.59 bits per heavy atom. The van der Waals surface area contributed by atoms with Crippen molar-refractivity contribution in [1.82, 2.24) is 15.0 Å². The summed E-state index contributed by atoms with van der Waals surface area (Å²) in [5, 5.41) is 5.83. The van der Waals surface area contributed by atoms with Crippen molar-refractivity contribution in [3.8, 4) is 0 Å². The van der Waals surface area contributed by atoms with Crippen LogP contribution in [0.1, 0.15) is 11.7 Å². The highest BCUT2D eigenvalue weighted by molar-refractivity contribution is 5.89. The van der Waals surface area contributed by atoms with Crippen LogP contribution in [0.2, 0.25) is 0 Å². The number of hydrogen-bond donors (Lipinski definition) is 1. The summed E-state index contributed by atoms with van der Waals surface area (Å²) >= 11 is 0. The molecular formula is C13H13F3N4O2. The van der Waals surface area contributed by atoms with Crippen LogP contribution in [-0.2, 0) is 6.42 Å². The maximum atomic E-state index is 13.4. The first-order valence-corrected chi connectivity index (χ1v) is 6.32. The third-order valence-electron chi connectivity index (χ3n) is 2.84. The van der Waals surface area contributed by atoms with Gasteiger partial charge in [-0.3, -0.25) is 0 Å². The Hall–Kier alpha value is -2.58. The van der Waals surface area contributed by atoms with E-state index < -0.39 is 29.2 Å². The molecule has 9 heteroatoms. The Kier molecular flexibility index (Phi) is 4.64. The first-order chi connectivity index (χ1) is 10.4. The van der Waals surface area contributed by atoms with Crippen LogP contribution >= 0.6 is 0 Å². The number of aromatic nitrogens is 2. The molecule has 22 heavy (non-hydrogen) atoms. The van der Waals surface area contributed by atoms with Gasteiger partial charge in [0.15, 0.2) is 17.5 Å². The van der Waals surface area contributed by atoms with Crippen molar-refractivity contribution in [2.24, 2.45) is 0 Å². The standard InChI is InChI=1S/C13H13F3N4O2/c1-7-17-12(19-22-7)3-4-20(2)13(21)18-11-6-9(15)8(14)5-10(11)16/h5-6H,3-4H2,1-2H3,(H,18,21). The van der Waals surface area contributed by atoms with E-state index in [9.17, 15) is 18.0 Å². The van der Waals surface area contributed by atoms with Gasteiger partial charge in [0.25, 0.3) is 0 Å². The molecule has 118 valence electrons. The van der Waals surface area contributed by atoms with Crippen molar-refractivity contribution in [2.75, 3.05) is 18.9 Å². The summed E-state index contributed by atoms with van der Waals surface area (Å²) in [6.07, 6.45) is 0.335.